The molecular formula is C13H21N2+. The van der Waals surface area contributed by atoms with Crippen LogP contribution in [-0.4, -0.2) is 19.1 Å². The molecule has 0 amide bonds. The number of hydrogen-bond donors (Lipinski definition) is 2. The highest BCUT2D eigenvalue weighted by atomic mass is 15.0. The van der Waals surface area contributed by atoms with E-state index in [0.717, 1.165) is 12.6 Å². The SMILES string of the molecule is Cc1cc(C)cc(NC[C@H]2CCC[NH2+]2)c1. The van der Waals surface area contributed by atoms with E-state index in [0.29, 0.717) is 0 Å². The topological polar surface area (TPSA) is 28.6 Å². The molecule has 1 heterocycles. The standard InChI is InChI=1S/C13H20N2/c1-10-6-11(2)8-13(7-10)15-9-12-4-3-5-14-12/h6-8,12,14-15H,3-5,9H2,1-2H3/p+1/t12-/m1/s1. The zero-order chi connectivity index (χ0) is 10.7. The highest BCUT2D eigenvalue weighted by molar-refractivity contribution is 5.48. The summed E-state index contributed by atoms with van der Waals surface area (Å²) in [6.45, 7) is 6.71. The average Bonchev–Trinajstić information content (AvgIpc) is 2.65. The number of hydrogen-bond acceptors (Lipinski definition) is 1. The zero-order valence-corrected chi connectivity index (χ0v) is 9.72. The van der Waals surface area contributed by atoms with E-state index in [2.05, 4.69) is 42.7 Å². The molecule has 0 bridgehead atoms. The zero-order valence-electron chi connectivity index (χ0n) is 9.72. The van der Waals surface area contributed by atoms with Crippen LogP contribution in [0.4, 0.5) is 5.69 Å². The second-order valence-electron chi connectivity index (χ2n) is 4.68. The van der Waals surface area contributed by atoms with Gasteiger partial charge in [0.05, 0.1) is 13.1 Å². The van der Waals surface area contributed by atoms with E-state index in [4.69, 9.17) is 0 Å². The van der Waals surface area contributed by atoms with Crippen LogP contribution in [0, 0.1) is 13.8 Å². The molecule has 1 aliphatic heterocycles. The molecule has 1 saturated heterocycles. The minimum atomic E-state index is 0.783. The first-order valence-corrected chi connectivity index (χ1v) is 5.89. The van der Waals surface area contributed by atoms with E-state index in [1.807, 2.05) is 0 Å². The number of nitrogens with two attached hydrogens (primary N) is 1. The summed E-state index contributed by atoms with van der Waals surface area (Å²) in [4.78, 5) is 0. The first-order valence-electron chi connectivity index (χ1n) is 5.89. The van der Waals surface area contributed by atoms with Gasteiger partial charge in [0.1, 0.15) is 6.04 Å². The van der Waals surface area contributed by atoms with E-state index in [1.54, 1.807) is 0 Å². The van der Waals surface area contributed by atoms with Crippen molar-refractivity contribution in [3.63, 3.8) is 0 Å². The van der Waals surface area contributed by atoms with Crippen LogP contribution in [0.1, 0.15) is 24.0 Å². The Hall–Kier alpha value is -1.02. The third-order valence-corrected chi connectivity index (χ3v) is 3.07. The van der Waals surface area contributed by atoms with Gasteiger partial charge in [-0.1, -0.05) is 6.07 Å². The van der Waals surface area contributed by atoms with Gasteiger partial charge in [-0.15, -0.1) is 0 Å². The number of rotatable bonds is 3. The quantitative estimate of drug-likeness (QED) is 0.768. The van der Waals surface area contributed by atoms with Gasteiger partial charge in [-0.2, -0.15) is 0 Å². The Morgan fingerprint density at radius 1 is 1.27 bits per heavy atom. The molecule has 2 nitrogen and oxygen atoms in total. The van der Waals surface area contributed by atoms with Gasteiger partial charge < -0.3 is 10.6 Å². The van der Waals surface area contributed by atoms with Crippen LogP contribution in [0.15, 0.2) is 18.2 Å². The summed E-state index contributed by atoms with van der Waals surface area (Å²) >= 11 is 0. The normalized spacial score (nSPS) is 20.5. The number of quaternary nitrogens is 1. The second kappa shape index (κ2) is 4.67. The molecular weight excluding hydrogens is 184 g/mol. The van der Waals surface area contributed by atoms with Crippen molar-refractivity contribution >= 4 is 5.69 Å². The van der Waals surface area contributed by atoms with Crippen LogP contribution in [-0.2, 0) is 0 Å². The third kappa shape index (κ3) is 2.96. The summed E-state index contributed by atoms with van der Waals surface area (Å²) in [6, 6.07) is 7.45. The Morgan fingerprint density at radius 2 is 2.00 bits per heavy atom. The van der Waals surface area contributed by atoms with Crippen molar-refractivity contribution in [3.05, 3.63) is 29.3 Å². The maximum Gasteiger partial charge on any atom is 0.104 e. The molecule has 1 aromatic carbocycles. The van der Waals surface area contributed by atoms with Crippen molar-refractivity contribution in [3.8, 4) is 0 Å². The fraction of sp³-hybridized carbons (Fsp3) is 0.538. The highest BCUT2D eigenvalue weighted by Crippen LogP contribution is 2.13. The van der Waals surface area contributed by atoms with Crippen LogP contribution in [0.2, 0.25) is 0 Å². The Balaban J connectivity index is 1.92. The Morgan fingerprint density at radius 3 is 2.60 bits per heavy atom. The molecule has 1 fully saturated rings. The van der Waals surface area contributed by atoms with E-state index < -0.39 is 0 Å². The Labute approximate surface area is 92.1 Å². The largest absolute Gasteiger partial charge is 0.379 e. The van der Waals surface area contributed by atoms with Gasteiger partial charge in [0.15, 0.2) is 0 Å². The van der Waals surface area contributed by atoms with Crippen molar-refractivity contribution in [1.82, 2.24) is 0 Å². The molecule has 2 heteroatoms. The van der Waals surface area contributed by atoms with Crippen molar-refractivity contribution in [2.75, 3.05) is 18.4 Å². The molecule has 0 aliphatic carbocycles. The van der Waals surface area contributed by atoms with Crippen molar-refractivity contribution in [1.29, 1.82) is 0 Å². The monoisotopic (exact) mass is 205 g/mol. The number of anilines is 1. The molecule has 0 unspecified atom stereocenters. The van der Waals surface area contributed by atoms with Gasteiger partial charge in [-0.05, 0) is 37.1 Å². The summed E-state index contributed by atoms with van der Waals surface area (Å²) < 4.78 is 0. The lowest BCUT2D eigenvalue weighted by molar-refractivity contribution is -0.666. The number of aryl methyl sites for hydroxylation is 2. The predicted octanol–water partition coefficient (Wildman–Crippen LogP) is 1.44. The molecule has 0 radical (unpaired) electrons. The summed E-state index contributed by atoms with van der Waals surface area (Å²) in [6.07, 6.45) is 2.73. The summed E-state index contributed by atoms with van der Waals surface area (Å²) in [5.41, 5.74) is 3.95. The lowest BCUT2D eigenvalue weighted by Gasteiger charge is -2.11. The summed E-state index contributed by atoms with van der Waals surface area (Å²) in [5.74, 6) is 0. The molecule has 15 heavy (non-hydrogen) atoms. The Kier molecular flexibility index (Phi) is 3.27. The van der Waals surface area contributed by atoms with Crippen LogP contribution in [0.3, 0.4) is 0 Å². The summed E-state index contributed by atoms with van der Waals surface area (Å²) in [7, 11) is 0. The smallest absolute Gasteiger partial charge is 0.104 e. The van der Waals surface area contributed by atoms with Crippen LogP contribution in [0.25, 0.3) is 0 Å². The fourth-order valence-electron chi connectivity index (χ4n) is 2.36. The van der Waals surface area contributed by atoms with Gasteiger partial charge in [-0.25, -0.2) is 0 Å². The van der Waals surface area contributed by atoms with Crippen molar-refractivity contribution in [2.24, 2.45) is 0 Å². The van der Waals surface area contributed by atoms with Crippen molar-refractivity contribution < 1.29 is 5.32 Å². The van der Waals surface area contributed by atoms with E-state index in [-0.39, 0.29) is 0 Å². The van der Waals surface area contributed by atoms with Gasteiger partial charge >= 0.3 is 0 Å². The molecule has 82 valence electrons. The van der Waals surface area contributed by atoms with Crippen molar-refractivity contribution in [2.45, 2.75) is 32.7 Å². The van der Waals surface area contributed by atoms with Gasteiger partial charge in [0.25, 0.3) is 0 Å². The third-order valence-electron chi connectivity index (χ3n) is 3.07. The lowest BCUT2D eigenvalue weighted by atomic mass is 10.1. The van der Waals surface area contributed by atoms with Gasteiger partial charge in [0.2, 0.25) is 0 Å². The maximum absolute atomic E-state index is 3.54. The first kappa shape index (κ1) is 10.5. The molecule has 1 aliphatic rings. The lowest BCUT2D eigenvalue weighted by Crippen LogP contribution is -2.87. The fourth-order valence-corrected chi connectivity index (χ4v) is 2.36. The number of nitrogens with one attached hydrogen (secondary N) is 1. The molecule has 0 aromatic heterocycles. The molecule has 1 aromatic rings. The predicted molar refractivity (Wildman–Crippen MR) is 64.2 cm³/mol. The summed E-state index contributed by atoms with van der Waals surface area (Å²) in [5, 5.41) is 5.99. The molecule has 0 saturated carbocycles. The average molecular weight is 205 g/mol. The molecule has 3 N–H and O–H groups in total. The van der Waals surface area contributed by atoms with Crippen LogP contribution < -0.4 is 10.6 Å². The number of benzene rings is 1. The second-order valence-corrected chi connectivity index (χ2v) is 4.68. The Bertz CT molecular complexity index is 307. The van der Waals surface area contributed by atoms with E-state index in [9.17, 15) is 0 Å². The highest BCUT2D eigenvalue weighted by Gasteiger charge is 2.17. The maximum atomic E-state index is 3.54. The minimum absolute atomic E-state index is 0.783. The van der Waals surface area contributed by atoms with E-state index >= 15 is 0 Å². The molecule has 1 atom stereocenters. The van der Waals surface area contributed by atoms with E-state index in [1.165, 1.54) is 36.2 Å². The molecule has 2 rings (SSSR count). The van der Waals surface area contributed by atoms with Gasteiger partial charge in [0, 0.05) is 18.5 Å². The minimum Gasteiger partial charge on any atom is -0.379 e. The molecule has 0 spiro atoms. The van der Waals surface area contributed by atoms with Crippen LogP contribution >= 0.6 is 0 Å². The van der Waals surface area contributed by atoms with Gasteiger partial charge in [-0.3, -0.25) is 0 Å². The van der Waals surface area contributed by atoms with Crippen LogP contribution in [0.5, 0.6) is 0 Å². The first-order chi connectivity index (χ1) is 7.24.